The number of phenols is 1. The fourth-order valence-electron chi connectivity index (χ4n) is 4.63. The van der Waals surface area contributed by atoms with Crippen LogP contribution in [0.5, 0.6) is 5.75 Å². The fourth-order valence-corrected chi connectivity index (χ4v) is 4.63. The van der Waals surface area contributed by atoms with Crippen LogP contribution >= 0.6 is 0 Å². The number of aromatic nitrogens is 3. The summed E-state index contributed by atoms with van der Waals surface area (Å²) in [5.41, 5.74) is 5.90. The molecule has 2 aromatic carbocycles. The van der Waals surface area contributed by atoms with Crippen molar-refractivity contribution in [3.63, 3.8) is 0 Å². The van der Waals surface area contributed by atoms with Gasteiger partial charge in [-0.15, -0.1) is 0 Å². The first-order valence-corrected chi connectivity index (χ1v) is 11.1. The highest BCUT2D eigenvalue weighted by molar-refractivity contribution is 5.92. The molecule has 1 amide bonds. The number of nitrogens with zero attached hydrogens (tertiary/aromatic N) is 5. The predicted octanol–water partition coefficient (Wildman–Crippen LogP) is 3.49. The number of aromatic hydroxyl groups is 1. The van der Waals surface area contributed by atoms with Gasteiger partial charge >= 0.3 is 0 Å². The van der Waals surface area contributed by atoms with E-state index in [-0.39, 0.29) is 11.7 Å². The third-order valence-electron chi connectivity index (χ3n) is 6.43. The minimum Gasteiger partial charge on any atom is -0.508 e. The number of hydrogen-bond acceptors (Lipinski definition) is 5. The monoisotopic (exact) mass is 429 g/mol. The zero-order valence-corrected chi connectivity index (χ0v) is 18.5. The van der Waals surface area contributed by atoms with Gasteiger partial charge in [0.2, 0.25) is 5.91 Å². The zero-order chi connectivity index (χ0) is 22.2. The first kappa shape index (κ1) is 20.3. The van der Waals surface area contributed by atoms with Crippen molar-refractivity contribution in [2.75, 3.05) is 31.1 Å². The Bertz CT molecular complexity index is 1300. The zero-order valence-electron chi connectivity index (χ0n) is 18.5. The van der Waals surface area contributed by atoms with Crippen LogP contribution in [0.25, 0.3) is 16.6 Å². The molecule has 0 saturated carbocycles. The molecule has 4 aromatic rings. The second kappa shape index (κ2) is 8.15. The van der Waals surface area contributed by atoms with Crippen LogP contribution in [0, 0.1) is 13.8 Å². The lowest BCUT2D eigenvalue weighted by molar-refractivity contribution is -0.131. The normalized spacial score (nSPS) is 14.4. The predicted molar refractivity (Wildman–Crippen MR) is 125 cm³/mol. The number of hydrogen-bond donors (Lipinski definition) is 1. The van der Waals surface area contributed by atoms with Crippen molar-refractivity contribution in [1.82, 2.24) is 19.5 Å². The number of carbonyl (C=O) groups is 1. The molecular formula is C25H27N5O2. The van der Waals surface area contributed by atoms with E-state index in [9.17, 15) is 9.90 Å². The Kier molecular flexibility index (Phi) is 5.17. The minimum absolute atomic E-state index is 0.171. The van der Waals surface area contributed by atoms with Gasteiger partial charge in [0, 0.05) is 61.1 Å². The molecule has 0 aliphatic carbocycles. The Morgan fingerprint density at radius 2 is 1.81 bits per heavy atom. The van der Waals surface area contributed by atoms with Crippen molar-refractivity contribution in [3.8, 4) is 5.75 Å². The Morgan fingerprint density at radius 1 is 1.03 bits per heavy atom. The minimum atomic E-state index is 0.171. The lowest BCUT2D eigenvalue weighted by atomic mass is 10.1. The fraction of sp³-hybridized carbons (Fsp3) is 0.320. The molecule has 0 atom stereocenters. The molecule has 32 heavy (non-hydrogen) atoms. The number of fused-ring (bicyclic) bond motifs is 3. The topological polar surface area (TPSA) is 74.0 Å². The van der Waals surface area contributed by atoms with E-state index in [2.05, 4.69) is 11.8 Å². The molecule has 164 valence electrons. The lowest BCUT2D eigenvalue weighted by Gasteiger charge is -2.36. The first-order chi connectivity index (χ1) is 15.5. The maximum absolute atomic E-state index is 12.9. The molecule has 5 rings (SSSR count). The highest BCUT2D eigenvalue weighted by Gasteiger charge is 2.22. The molecule has 1 N–H and O–H groups in total. The molecule has 1 fully saturated rings. The number of phenolic OH excluding ortho intramolecular Hbond substituents is 1. The Morgan fingerprint density at radius 3 is 2.59 bits per heavy atom. The largest absolute Gasteiger partial charge is 0.508 e. The number of aryl methyl sites for hydroxylation is 2. The van der Waals surface area contributed by atoms with Gasteiger partial charge in [-0.2, -0.15) is 5.10 Å². The van der Waals surface area contributed by atoms with Gasteiger partial charge in [0.05, 0.1) is 5.52 Å². The molecule has 3 heterocycles. The summed E-state index contributed by atoms with van der Waals surface area (Å²) in [6, 6.07) is 15.3. The van der Waals surface area contributed by atoms with Crippen molar-refractivity contribution >= 4 is 28.1 Å². The van der Waals surface area contributed by atoms with Crippen LogP contribution in [0.1, 0.15) is 23.4 Å². The summed E-state index contributed by atoms with van der Waals surface area (Å²) in [6.45, 7) is 6.98. The quantitative estimate of drug-likeness (QED) is 0.538. The molecule has 1 aliphatic heterocycles. The average Bonchev–Trinajstić information content (AvgIpc) is 3.18. The van der Waals surface area contributed by atoms with Gasteiger partial charge < -0.3 is 14.9 Å². The number of benzene rings is 2. The highest BCUT2D eigenvalue weighted by atomic mass is 16.3. The standard InChI is InChI=1S/C25H27N5O2/c1-17-21(18(2)30-25(26-17)22-8-3-4-9-23(22)27-30)10-11-24(32)29-14-12-28(13-15-29)19-6-5-7-20(31)16-19/h3-9,16,31H,10-15H2,1-2H3. The molecule has 0 unspecified atom stereocenters. The van der Waals surface area contributed by atoms with Crippen molar-refractivity contribution < 1.29 is 9.90 Å². The van der Waals surface area contributed by atoms with Gasteiger partial charge in [0.25, 0.3) is 0 Å². The molecule has 0 radical (unpaired) electrons. The molecule has 0 spiro atoms. The van der Waals surface area contributed by atoms with Gasteiger partial charge in [-0.1, -0.05) is 18.2 Å². The van der Waals surface area contributed by atoms with Gasteiger partial charge in [-0.3, -0.25) is 4.79 Å². The van der Waals surface area contributed by atoms with Crippen LogP contribution in [-0.2, 0) is 11.2 Å². The second-order valence-electron chi connectivity index (χ2n) is 8.40. The SMILES string of the molecule is Cc1nc2c3ccccc3nn2c(C)c1CCC(=O)N1CCN(c2cccc(O)c2)CC1. The van der Waals surface area contributed by atoms with Crippen LogP contribution < -0.4 is 4.90 Å². The third kappa shape index (κ3) is 3.64. The van der Waals surface area contributed by atoms with Gasteiger partial charge in [0.1, 0.15) is 5.75 Å². The molecule has 7 heteroatoms. The first-order valence-electron chi connectivity index (χ1n) is 11.1. The van der Waals surface area contributed by atoms with Crippen LogP contribution in [0.3, 0.4) is 0 Å². The smallest absolute Gasteiger partial charge is 0.223 e. The summed E-state index contributed by atoms with van der Waals surface area (Å²) in [5, 5.41) is 15.5. The van der Waals surface area contributed by atoms with E-state index < -0.39 is 0 Å². The van der Waals surface area contributed by atoms with E-state index in [4.69, 9.17) is 10.1 Å². The van der Waals surface area contributed by atoms with Gasteiger partial charge in [0.15, 0.2) is 5.65 Å². The van der Waals surface area contributed by atoms with Crippen molar-refractivity contribution in [1.29, 1.82) is 0 Å². The second-order valence-corrected chi connectivity index (χ2v) is 8.40. The van der Waals surface area contributed by atoms with Gasteiger partial charge in [-0.25, -0.2) is 9.50 Å². The van der Waals surface area contributed by atoms with Crippen molar-refractivity contribution in [2.24, 2.45) is 0 Å². The molecule has 7 nitrogen and oxygen atoms in total. The number of anilines is 1. The Balaban J connectivity index is 1.27. The molecule has 0 bridgehead atoms. The number of rotatable bonds is 4. The number of amides is 1. The van der Waals surface area contributed by atoms with E-state index in [1.54, 1.807) is 12.1 Å². The van der Waals surface area contributed by atoms with Crippen molar-refractivity contribution in [2.45, 2.75) is 26.7 Å². The summed E-state index contributed by atoms with van der Waals surface area (Å²) in [4.78, 5) is 21.9. The Labute approximate surface area is 186 Å². The summed E-state index contributed by atoms with van der Waals surface area (Å²) in [7, 11) is 0. The summed E-state index contributed by atoms with van der Waals surface area (Å²) >= 11 is 0. The van der Waals surface area contributed by atoms with Crippen LogP contribution in [0.15, 0.2) is 48.5 Å². The van der Waals surface area contributed by atoms with E-state index in [0.717, 1.165) is 52.3 Å². The van der Waals surface area contributed by atoms with E-state index in [1.807, 2.05) is 52.7 Å². The van der Waals surface area contributed by atoms with Gasteiger partial charge in [-0.05, 0) is 50.1 Å². The maximum atomic E-state index is 12.9. The third-order valence-corrected chi connectivity index (χ3v) is 6.43. The lowest BCUT2D eigenvalue weighted by Crippen LogP contribution is -2.48. The van der Waals surface area contributed by atoms with E-state index >= 15 is 0 Å². The number of carbonyl (C=O) groups excluding carboxylic acids is 1. The Hall–Kier alpha value is -3.61. The van der Waals surface area contributed by atoms with Crippen LogP contribution in [0.4, 0.5) is 5.69 Å². The summed E-state index contributed by atoms with van der Waals surface area (Å²) in [5.74, 6) is 0.437. The number of piperazine rings is 1. The van der Waals surface area contributed by atoms with Crippen LogP contribution in [-0.4, -0.2) is 56.7 Å². The average molecular weight is 430 g/mol. The molecule has 1 aliphatic rings. The van der Waals surface area contributed by atoms with E-state index in [1.165, 1.54) is 0 Å². The van der Waals surface area contributed by atoms with Crippen LogP contribution in [0.2, 0.25) is 0 Å². The summed E-state index contributed by atoms with van der Waals surface area (Å²) in [6.07, 6.45) is 1.12. The highest BCUT2D eigenvalue weighted by Crippen LogP contribution is 2.24. The maximum Gasteiger partial charge on any atom is 0.223 e. The van der Waals surface area contributed by atoms with Crippen molar-refractivity contribution in [3.05, 3.63) is 65.5 Å². The molecule has 1 saturated heterocycles. The molecular weight excluding hydrogens is 402 g/mol. The van der Waals surface area contributed by atoms with E-state index in [0.29, 0.717) is 25.9 Å². The summed E-state index contributed by atoms with van der Waals surface area (Å²) < 4.78 is 1.91. The molecule has 2 aromatic heterocycles.